The molecule has 2 aromatic carbocycles. The number of sulfonamides is 1. The zero-order valence-electron chi connectivity index (χ0n) is 15.1. The second-order valence-corrected chi connectivity index (χ2v) is 8.22. The first-order chi connectivity index (χ1) is 12.7. The molecule has 8 heteroatoms. The first kappa shape index (κ1) is 20.8. The molecule has 0 atom stereocenters. The summed E-state index contributed by atoms with van der Waals surface area (Å²) >= 11 is 5.93. The Kier molecular flexibility index (Phi) is 6.87. The molecule has 27 heavy (non-hydrogen) atoms. The molecule has 1 N–H and O–H groups in total. The average Bonchev–Trinajstić information content (AvgIpc) is 2.59. The molecule has 0 heterocycles. The number of rotatable bonds is 8. The second-order valence-electron chi connectivity index (χ2n) is 5.87. The predicted octanol–water partition coefficient (Wildman–Crippen LogP) is 3.62. The zero-order valence-corrected chi connectivity index (χ0v) is 16.7. The number of amides is 1. The van der Waals surface area contributed by atoms with Gasteiger partial charge in [-0.3, -0.25) is 9.10 Å². The van der Waals surface area contributed by atoms with Crippen LogP contribution in [0.3, 0.4) is 0 Å². The Labute approximate surface area is 164 Å². The quantitative estimate of drug-likeness (QED) is 0.677. The highest BCUT2D eigenvalue weighted by atomic mass is 35.5. The number of carbonyl (C=O) groups is 1. The molecular formula is C19H21ClN2O4S. The Bertz CT molecular complexity index is 927. The van der Waals surface area contributed by atoms with Gasteiger partial charge in [-0.15, -0.1) is 0 Å². The van der Waals surface area contributed by atoms with Gasteiger partial charge >= 0.3 is 0 Å². The van der Waals surface area contributed by atoms with Gasteiger partial charge in [-0.25, -0.2) is 8.42 Å². The number of halogens is 1. The van der Waals surface area contributed by atoms with Crippen molar-refractivity contribution in [3.05, 3.63) is 65.7 Å². The number of carbonyl (C=O) groups excluding carboxylic acids is 1. The number of nitrogens with zero attached hydrogens (tertiary/aromatic N) is 1. The Morgan fingerprint density at radius 2 is 1.93 bits per heavy atom. The van der Waals surface area contributed by atoms with Crippen LogP contribution in [-0.4, -0.2) is 33.7 Å². The molecular weight excluding hydrogens is 388 g/mol. The first-order valence-electron chi connectivity index (χ1n) is 8.08. The van der Waals surface area contributed by atoms with Crippen molar-refractivity contribution in [3.8, 4) is 5.75 Å². The van der Waals surface area contributed by atoms with Crippen molar-refractivity contribution in [2.24, 2.45) is 0 Å². The van der Waals surface area contributed by atoms with Crippen LogP contribution in [0.1, 0.15) is 5.56 Å². The topological polar surface area (TPSA) is 75.7 Å². The van der Waals surface area contributed by atoms with Gasteiger partial charge < -0.3 is 10.1 Å². The van der Waals surface area contributed by atoms with E-state index in [1.807, 2.05) is 0 Å². The molecule has 0 fully saturated rings. The Balaban J connectivity index is 2.13. The molecule has 0 saturated carbocycles. The van der Waals surface area contributed by atoms with Crippen LogP contribution in [0.4, 0.5) is 11.4 Å². The molecule has 0 radical (unpaired) electrons. The van der Waals surface area contributed by atoms with Gasteiger partial charge in [0, 0.05) is 10.7 Å². The highest BCUT2D eigenvalue weighted by Gasteiger charge is 2.22. The van der Waals surface area contributed by atoms with Crippen molar-refractivity contribution in [1.29, 1.82) is 0 Å². The lowest BCUT2D eigenvalue weighted by molar-refractivity contribution is -0.114. The minimum Gasteiger partial charge on any atom is -0.490 e. The van der Waals surface area contributed by atoms with Crippen LogP contribution in [0, 0.1) is 6.92 Å². The van der Waals surface area contributed by atoms with E-state index in [0.29, 0.717) is 34.3 Å². The van der Waals surface area contributed by atoms with Crippen LogP contribution in [-0.2, 0) is 14.8 Å². The van der Waals surface area contributed by atoms with Crippen molar-refractivity contribution >= 4 is 38.9 Å². The van der Waals surface area contributed by atoms with Gasteiger partial charge in [-0.2, -0.15) is 0 Å². The number of nitrogens with one attached hydrogen (secondary N) is 1. The molecule has 0 unspecified atom stereocenters. The molecule has 2 rings (SSSR count). The van der Waals surface area contributed by atoms with Gasteiger partial charge in [0.1, 0.15) is 18.9 Å². The summed E-state index contributed by atoms with van der Waals surface area (Å²) in [6, 6.07) is 11.6. The maximum Gasteiger partial charge on any atom is 0.245 e. The lowest BCUT2D eigenvalue weighted by Crippen LogP contribution is -2.37. The van der Waals surface area contributed by atoms with E-state index < -0.39 is 15.9 Å². The summed E-state index contributed by atoms with van der Waals surface area (Å²) in [5, 5.41) is 3.18. The molecule has 0 aromatic heterocycles. The van der Waals surface area contributed by atoms with E-state index in [1.165, 1.54) is 0 Å². The standard InChI is InChI=1S/C19H21ClN2O4S/c1-4-11-26-17-8-6-16(7-9-17)21-19(23)13-22(27(3,24)25)18-10-5-15(20)12-14(18)2/h4-10,12H,1,11,13H2,2-3H3,(H,21,23). The van der Waals surface area contributed by atoms with Gasteiger partial charge in [-0.1, -0.05) is 24.3 Å². The van der Waals surface area contributed by atoms with Gasteiger partial charge in [0.05, 0.1) is 11.9 Å². The van der Waals surface area contributed by atoms with E-state index in [9.17, 15) is 13.2 Å². The monoisotopic (exact) mass is 408 g/mol. The number of benzene rings is 2. The molecule has 2 aromatic rings. The van der Waals surface area contributed by atoms with Crippen molar-refractivity contribution in [1.82, 2.24) is 0 Å². The molecule has 0 aliphatic carbocycles. The van der Waals surface area contributed by atoms with E-state index >= 15 is 0 Å². The maximum atomic E-state index is 12.4. The number of ether oxygens (including phenoxy) is 1. The summed E-state index contributed by atoms with van der Waals surface area (Å²) in [7, 11) is -3.66. The molecule has 0 saturated heterocycles. The normalized spacial score (nSPS) is 10.9. The van der Waals surface area contributed by atoms with Crippen LogP contribution in [0.15, 0.2) is 55.1 Å². The first-order valence-corrected chi connectivity index (χ1v) is 10.3. The number of anilines is 2. The summed E-state index contributed by atoms with van der Waals surface area (Å²) in [6.07, 6.45) is 2.69. The van der Waals surface area contributed by atoms with Crippen molar-refractivity contribution < 1.29 is 17.9 Å². The number of aryl methyl sites for hydroxylation is 1. The fourth-order valence-corrected chi connectivity index (χ4v) is 3.54. The summed E-state index contributed by atoms with van der Waals surface area (Å²) in [5.74, 6) is 0.178. The Morgan fingerprint density at radius 1 is 1.26 bits per heavy atom. The lowest BCUT2D eigenvalue weighted by Gasteiger charge is -2.23. The number of hydrogen-bond donors (Lipinski definition) is 1. The third-order valence-corrected chi connectivity index (χ3v) is 4.98. The molecule has 0 aliphatic heterocycles. The fraction of sp³-hybridized carbons (Fsp3) is 0.211. The Hall–Kier alpha value is -2.51. The molecule has 144 valence electrons. The predicted molar refractivity (Wildman–Crippen MR) is 109 cm³/mol. The summed E-state index contributed by atoms with van der Waals surface area (Å²) < 4.78 is 30.8. The van der Waals surface area contributed by atoms with Gasteiger partial charge in [0.25, 0.3) is 0 Å². The SMILES string of the molecule is C=CCOc1ccc(NC(=O)CN(c2ccc(Cl)cc2C)S(C)(=O)=O)cc1. The van der Waals surface area contributed by atoms with Crippen LogP contribution >= 0.6 is 11.6 Å². The summed E-state index contributed by atoms with van der Waals surface area (Å²) in [4.78, 5) is 12.4. The van der Waals surface area contributed by atoms with Crippen molar-refractivity contribution in [2.45, 2.75) is 6.92 Å². The van der Waals surface area contributed by atoms with E-state index in [1.54, 1.807) is 55.5 Å². The minimum atomic E-state index is -3.66. The van der Waals surface area contributed by atoms with E-state index in [0.717, 1.165) is 10.6 Å². The van der Waals surface area contributed by atoms with Gasteiger partial charge in [-0.05, 0) is 55.0 Å². The highest BCUT2D eigenvalue weighted by Crippen LogP contribution is 2.25. The largest absolute Gasteiger partial charge is 0.490 e. The van der Waals surface area contributed by atoms with E-state index in [4.69, 9.17) is 16.3 Å². The molecule has 0 bridgehead atoms. The fourth-order valence-electron chi connectivity index (χ4n) is 2.40. The highest BCUT2D eigenvalue weighted by molar-refractivity contribution is 7.92. The average molecular weight is 409 g/mol. The summed E-state index contributed by atoms with van der Waals surface area (Å²) in [6.45, 7) is 5.34. The third kappa shape index (κ3) is 6.01. The molecule has 1 amide bonds. The van der Waals surface area contributed by atoms with Crippen molar-refractivity contribution in [3.63, 3.8) is 0 Å². The van der Waals surface area contributed by atoms with Crippen LogP contribution in [0.2, 0.25) is 5.02 Å². The Morgan fingerprint density at radius 3 is 2.48 bits per heavy atom. The lowest BCUT2D eigenvalue weighted by atomic mass is 10.2. The third-order valence-electron chi connectivity index (χ3n) is 3.62. The molecule has 0 spiro atoms. The smallest absolute Gasteiger partial charge is 0.245 e. The zero-order chi connectivity index (χ0) is 20.0. The van der Waals surface area contributed by atoms with Gasteiger partial charge in [0.15, 0.2) is 0 Å². The summed E-state index contributed by atoms with van der Waals surface area (Å²) in [5.41, 5.74) is 1.60. The minimum absolute atomic E-state index is 0.351. The van der Waals surface area contributed by atoms with E-state index in [2.05, 4.69) is 11.9 Å². The second kappa shape index (κ2) is 8.92. The van der Waals surface area contributed by atoms with Crippen molar-refractivity contribution in [2.75, 3.05) is 29.0 Å². The van der Waals surface area contributed by atoms with Gasteiger partial charge in [0.2, 0.25) is 15.9 Å². The van der Waals surface area contributed by atoms with Crippen LogP contribution < -0.4 is 14.4 Å². The maximum absolute atomic E-state index is 12.4. The van der Waals surface area contributed by atoms with E-state index in [-0.39, 0.29) is 6.54 Å². The molecule has 6 nitrogen and oxygen atoms in total. The van der Waals surface area contributed by atoms with Crippen LogP contribution in [0.25, 0.3) is 0 Å². The van der Waals surface area contributed by atoms with Crippen LogP contribution in [0.5, 0.6) is 5.75 Å². The molecule has 0 aliphatic rings. The number of hydrogen-bond acceptors (Lipinski definition) is 4.